The Morgan fingerprint density at radius 2 is 2.00 bits per heavy atom. The molecule has 0 amide bonds. The molecule has 5 heteroatoms. The Labute approximate surface area is 161 Å². The molecule has 0 spiro atoms. The van der Waals surface area contributed by atoms with Gasteiger partial charge in [-0.2, -0.15) is 0 Å². The van der Waals surface area contributed by atoms with Crippen LogP contribution in [0.2, 0.25) is 19.6 Å². The van der Waals surface area contributed by atoms with E-state index in [9.17, 15) is 4.79 Å². The topological polar surface area (TPSA) is 35.5 Å². The summed E-state index contributed by atoms with van der Waals surface area (Å²) in [7, 11) is 0.353. The van der Waals surface area contributed by atoms with Crippen molar-refractivity contribution < 1.29 is 14.3 Å². The van der Waals surface area contributed by atoms with Crippen LogP contribution in [-0.2, 0) is 14.3 Å². The second kappa shape index (κ2) is 7.38. The zero-order valence-corrected chi connectivity index (χ0v) is 19.1. The Morgan fingerprint density at radius 1 is 1.38 bits per heavy atom. The zero-order chi connectivity index (χ0) is 18.3. The van der Waals surface area contributed by atoms with Gasteiger partial charge >= 0.3 is 0 Å². The number of hydrogen-bond acceptors (Lipinski definition) is 3. The maximum absolute atomic E-state index is 13.1. The summed E-state index contributed by atoms with van der Waals surface area (Å²) in [4.78, 5) is 13.1. The first-order chi connectivity index (χ1) is 11.0. The molecule has 1 unspecified atom stereocenters. The summed E-state index contributed by atoms with van der Waals surface area (Å²) >= 11 is 2.35. The molecule has 1 aliphatic heterocycles. The largest absolute Gasteiger partial charge is 0.356 e. The lowest BCUT2D eigenvalue weighted by Gasteiger charge is -2.45. The highest BCUT2D eigenvalue weighted by atomic mass is 127. The molecule has 2 aliphatic rings. The van der Waals surface area contributed by atoms with E-state index in [1.165, 1.54) is 0 Å². The highest BCUT2D eigenvalue weighted by molar-refractivity contribution is 14.1. The molecule has 0 aromatic rings. The molecule has 3 nitrogen and oxygen atoms in total. The molecular weight excluding hydrogens is 431 g/mol. The van der Waals surface area contributed by atoms with Crippen molar-refractivity contribution in [1.29, 1.82) is 0 Å². The Morgan fingerprint density at radius 3 is 2.50 bits per heavy atom. The first kappa shape index (κ1) is 20.4. The molecule has 1 heterocycles. The van der Waals surface area contributed by atoms with Gasteiger partial charge in [0.15, 0.2) is 12.1 Å². The third kappa shape index (κ3) is 3.92. The average Bonchev–Trinajstić information content (AvgIpc) is 2.80. The zero-order valence-electron chi connectivity index (χ0n) is 16.0. The van der Waals surface area contributed by atoms with Crippen molar-refractivity contribution in [3.63, 3.8) is 0 Å². The van der Waals surface area contributed by atoms with Gasteiger partial charge in [-0.05, 0) is 25.2 Å². The Kier molecular flexibility index (Phi) is 6.27. The number of hydrogen-bond donors (Lipinski definition) is 0. The van der Waals surface area contributed by atoms with Crippen molar-refractivity contribution in [3.8, 4) is 11.5 Å². The van der Waals surface area contributed by atoms with Crippen LogP contribution in [-0.4, -0.2) is 36.8 Å². The third-order valence-corrected chi connectivity index (χ3v) is 7.59. The Bertz CT molecular complexity index is 541. The third-order valence-electron chi connectivity index (χ3n) is 5.34. The fourth-order valence-electron chi connectivity index (χ4n) is 4.25. The SMILES string of the molecule is CO[C@@H]1O[C@H]2C(=O)C(C)(I)[C@@H](CCC#C[Si](C)(C)C)[C@@H]1[C@@H]2C(C)C. The fraction of sp³-hybridized carbons (Fsp3) is 0.842. The summed E-state index contributed by atoms with van der Waals surface area (Å²) in [5.74, 6) is 4.79. The molecule has 0 radical (unpaired) electrons. The van der Waals surface area contributed by atoms with Crippen LogP contribution < -0.4 is 0 Å². The summed E-state index contributed by atoms with van der Waals surface area (Å²) in [6.45, 7) is 13.2. The molecule has 24 heavy (non-hydrogen) atoms. The maximum Gasteiger partial charge on any atom is 0.177 e. The van der Waals surface area contributed by atoms with E-state index in [-0.39, 0.29) is 35.9 Å². The van der Waals surface area contributed by atoms with Crippen LogP contribution in [0.3, 0.4) is 0 Å². The molecule has 1 aliphatic carbocycles. The second-order valence-electron chi connectivity index (χ2n) is 8.70. The van der Waals surface area contributed by atoms with Gasteiger partial charge in [-0.25, -0.2) is 0 Å². The highest BCUT2D eigenvalue weighted by Crippen LogP contribution is 2.55. The van der Waals surface area contributed by atoms with Crippen LogP contribution in [0.15, 0.2) is 0 Å². The molecule has 0 aromatic carbocycles. The van der Waals surface area contributed by atoms with E-state index in [1.807, 2.05) is 0 Å². The number of methoxy groups -OCH3 is 1. The molecule has 2 bridgehead atoms. The molecule has 2 rings (SSSR count). The predicted octanol–water partition coefficient (Wildman–Crippen LogP) is 4.30. The smallest absolute Gasteiger partial charge is 0.177 e. The lowest BCUT2D eigenvalue weighted by Crippen LogP contribution is -2.55. The highest BCUT2D eigenvalue weighted by Gasteiger charge is 2.63. The first-order valence-electron chi connectivity index (χ1n) is 8.92. The van der Waals surface area contributed by atoms with E-state index < -0.39 is 11.5 Å². The van der Waals surface area contributed by atoms with E-state index >= 15 is 0 Å². The lowest BCUT2D eigenvalue weighted by molar-refractivity contribution is -0.147. The van der Waals surface area contributed by atoms with Gasteiger partial charge in [0, 0.05) is 25.4 Å². The Balaban J connectivity index is 2.27. The summed E-state index contributed by atoms with van der Waals surface area (Å²) in [5, 5.41) is 0. The van der Waals surface area contributed by atoms with Gasteiger partial charge in [-0.15, -0.1) is 11.5 Å². The quantitative estimate of drug-likeness (QED) is 0.271. The number of ketones is 1. The Hall–Kier alpha value is 0.0969. The minimum Gasteiger partial charge on any atom is -0.356 e. The van der Waals surface area contributed by atoms with E-state index in [2.05, 4.69) is 74.5 Å². The predicted molar refractivity (Wildman–Crippen MR) is 109 cm³/mol. The summed E-state index contributed by atoms with van der Waals surface area (Å²) in [6, 6.07) is 0. The summed E-state index contributed by atoms with van der Waals surface area (Å²) in [6.07, 6.45) is 1.21. The maximum atomic E-state index is 13.1. The van der Waals surface area contributed by atoms with Crippen LogP contribution in [0.4, 0.5) is 0 Å². The van der Waals surface area contributed by atoms with E-state index in [0.717, 1.165) is 12.8 Å². The number of alkyl halides is 1. The van der Waals surface area contributed by atoms with Crippen molar-refractivity contribution in [3.05, 3.63) is 0 Å². The number of fused-ring (bicyclic) bond motifs is 2. The number of rotatable bonds is 4. The molecule has 6 atom stereocenters. The van der Waals surface area contributed by atoms with Gasteiger partial charge in [0.25, 0.3) is 0 Å². The minimum atomic E-state index is -1.34. The van der Waals surface area contributed by atoms with Crippen LogP contribution in [0.25, 0.3) is 0 Å². The van der Waals surface area contributed by atoms with Crippen molar-refractivity contribution in [2.24, 2.45) is 23.7 Å². The monoisotopic (exact) mass is 462 g/mol. The van der Waals surface area contributed by atoms with Crippen LogP contribution in [0.5, 0.6) is 0 Å². The van der Waals surface area contributed by atoms with Crippen molar-refractivity contribution >= 4 is 36.4 Å². The van der Waals surface area contributed by atoms with Gasteiger partial charge < -0.3 is 9.47 Å². The van der Waals surface area contributed by atoms with E-state index in [4.69, 9.17) is 9.47 Å². The summed E-state index contributed by atoms with van der Waals surface area (Å²) < 4.78 is 11.3. The normalized spacial score (nSPS) is 39.0. The van der Waals surface area contributed by atoms with Gasteiger partial charge in [0.05, 0.1) is 3.42 Å². The molecule has 0 aromatic heterocycles. The molecule has 0 N–H and O–H groups in total. The molecular formula is C19H31IO3Si. The van der Waals surface area contributed by atoms with Crippen LogP contribution >= 0.6 is 22.6 Å². The van der Waals surface area contributed by atoms with Gasteiger partial charge in [-0.3, -0.25) is 4.79 Å². The number of Topliss-reactive ketones (excluding diaryl/α,β-unsaturated/α-hetero) is 1. The van der Waals surface area contributed by atoms with Gasteiger partial charge in [-0.1, -0.05) is 56.1 Å². The average molecular weight is 462 g/mol. The van der Waals surface area contributed by atoms with Crippen molar-refractivity contribution in [2.45, 2.75) is 69.1 Å². The molecule has 136 valence electrons. The number of carbonyl (C=O) groups is 1. The number of carbonyl (C=O) groups excluding carboxylic acids is 1. The molecule has 1 saturated carbocycles. The molecule has 1 saturated heterocycles. The number of halogens is 1. The van der Waals surface area contributed by atoms with Gasteiger partial charge in [0.1, 0.15) is 14.2 Å². The lowest BCUT2D eigenvalue weighted by atomic mass is 9.62. The number of ether oxygens (including phenoxy) is 2. The summed E-state index contributed by atoms with van der Waals surface area (Å²) in [5.41, 5.74) is 3.44. The fourth-order valence-corrected chi connectivity index (χ4v) is 5.94. The van der Waals surface area contributed by atoms with E-state index in [0.29, 0.717) is 5.92 Å². The van der Waals surface area contributed by atoms with Crippen molar-refractivity contribution in [2.75, 3.05) is 7.11 Å². The molecule has 2 fully saturated rings. The second-order valence-corrected chi connectivity index (χ2v) is 15.7. The van der Waals surface area contributed by atoms with Crippen molar-refractivity contribution in [1.82, 2.24) is 0 Å². The minimum absolute atomic E-state index is 0.237. The standard InChI is InChI=1S/C19H31IO3Si/c1-12(2)14-15-13(10-8-9-11-24(5,6)7)19(3,20)17(21)16(14)23-18(15)22-4/h12-16,18H,8,10H2,1-7H3/t13-,14-,15+,16+,18+,19?/m0/s1. The van der Waals surface area contributed by atoms with E-state index in [1.54, 1.807) is 7.11 Å². The first-order valence-corrected chi connectivity index (χ1v) is 13.5. The van der Waals surface area contributed by atoms with Crippen LogP contribution in [0.1, 0.15) is 33.6 Å². The van der Waals surface area contributed by atoms with Crippen LogP contribution in [0, 0.1) is 35.1 Å². The van der Waals surface area contributed by atoms with Gasteiger partial charge in [0.2, 0.25) is 0 Å².